The Bertz CT molecular complexity index is 966. The van der Waals surface area contributed by atoms with Gasteiger partial charge in [0.15, 0.2) is 0 Å². The van der Waals surface area contributed by atoms with E-state index in [1.165, 1.54) is 11.3 Å². The maximum Gasteiger partial charge on any atom is 0.329 e. The van der Waals surface area contributed by atoms with Crippen LogP contribution in [0.2, 0.25) is 0 Å². The fraction of sp³-hybridized carbons (Fsp3) is 0.318. The van der Waals surface area contributed by atoms with Gasteiger partial charge < -0.3 is 14.8 Å². The summed E-state index contributed by atoms with van der Waals surface area (Å²) >= 11 is 1.49. The lowest BCUT2D eigenvalue weighted by molar-refractivity contribution is -0.148. The van der Waals surface area contributed by atoms with Gasteiger partial charge in [0.05, 0.1) is 22.4 Å². The molecule has 0 aliphatic rings. The molecule has 1 amide bonds. The highest BCUT2D eigenvalue weighted by molar-refractivity contribution is 7.18. The smallest absolute Gasteiger partial charge is 0.329 e. The summed E-state index contributed by atoms with van der Waals surface area (Å²) in [5, 5.41) is 3.50. The van der Waals surface area contributed by atoms with E-state index in [0.29, 0.717) is 17.9 Å². The highest BCUT2D eigenvalue weighted by Crippen LogP contribution is 2.22. The Morgan fingerprint density at radius 3 is 2.55 bits per heavy atom. The first-order valence-electron chi connectivity index (χ1n) is 9.53. The second-order valence-corrected chi connectivity index (χ2v) is 7.92. The van der Waals surface area contributed by atoms with Gasteiger partial charge in [-0.25, -0.2) is 9.78 Å². The van der Waals surface area contributed by atoms with Crippen molar-refractivity contribution in [2.24, 2.45) is 5.92 Å². The van der Waals surface area contributed by atoms with Crippen molar-refractivity contribution in [3.8, 4) is 5.75 Å². The van der Waals surface area contributed by atoms with E-state index >= 15 is 0 Å². The summed E-state index contributed by atoms with van der Waals surface area (Å²) in [6.07, 6.45) is 0. The number of nitrogens with zero attached hydrogens (tertiary/aromatic N) is 1. The zero-order valence-electron chi connectivity index (χ0n) is 16.7. The molecule has 1 heterocycles. The monoisotopic (exact) mass is 412 g/mol. The third kappa shape index (κ3) is 5.12. The van der Waals surface area contributed by atoms with Gasteiger partial charge in [0.1, 0.15) is 23.4 Å². The van der Waals surface area contributed by atoms with Gasteiger partial charge in [0, 0.05) is 0 Å². The van der Waals surface area contributed by atoms with Crippen molar-refractivity contribution in [3.63, 3.8) is 0 Å². The number of para-hydroxylation sites is 2. The molecule has 1 N–H and O–H groups in total. The van der Waals surface area contributed by atoms with E-state index in [4.69, 9.17) is 9.47 Å². The van der Waals surface area contributed by atoms with Crippen LogP contribution in [0, 0.1) is 5.92 Å². The minimum absolute atomic E-state index is 0.0762. The van der Waals surface area contributed by atoms with Crippen molar-refractivity contribution >= 4 is 33.4 Å². The number of amides is 1. The van der Waals surface area contributed by atoms with Crippen LogP contribution < -0.4 is 10.1 Å². The van der Waals surface area contributed by atoms with E-state index in [9.17, 15) is 9.59 Å². The quantitative estimate of drug-likeness (QED) is 0.561. The molecule has 1 aromatic heterocycles. The molecule has 0 aliphatic heterocycles. The van der Waals surface area contributed by atoms with Gasteiger partial charge in [-0.05, 0) is 37.1 Å². The molecule has 0 saturated heterocycles. The van der Waals surface area contributed by atoms with Gasteiger partial charge in [-0.3, -0.25) is 4.79 Å². The van der Waals surface area contributed by atoms with Crippen LogP contribution >= 0.6 is 11.3 Å². The Morgan fingerprint density at radius 2 is 1.83 bits per heavy atom. The molecule has 0 unspecified atom stereocenters. The summed E-state index contributed by atoms with van der Waals surface area (Å²) in [4.78, 5) is 29.9. The lowest BCUT2D eigenvalue weighted by Crippen LogP contribution is -2.45. The lowest BCUT2D eigenvalue weighted by Gasteiger charge is -2.21. The predicted molar refractivity (Wildman–Crippen MR) is 113 cm³/mol. The number of rotatable bonds is 8. The number of nitrogens with one attached hydrogen (secondary N) is 1. The fourth-order valence-electron chi connectivity index (χ4n) is 2.86. The van der Waals surface area contributed by atoms with Crippen LogP contribution in [0.3, 0.4) is 0 Å². The molecule has 1 atom stereocenters. The average Bonchev–Trinajstić information content (AvgIpc) is 3.13. The van der Waals surface area contributed by atoms with Gasteiger partial charge in [-0.2, -0.15) is 0 Å². The molecule has 0 saturated carbocycles. The first-order chi connectivity index (χ1) is 14.0. The Labute approximate surface area is 173 Å². The van der Waals surface area contributed by atoms with Crippen LogP contribution in [0.15, 0.2) is 48.5 Å². The van der Waals surface area contributed by atoms with Crippen molar-refractivity contribution < 1.29 is 19.1 Å². The Morgan fingerprint density at radius 1 is 1.10 bits per heavy atom. The molecule has 29 heavy (non-hydrogen) atoms. The summed E-state index contributed by atoms with van der Waals surface area (Å²) in [5.74, 6) is -0.509. The van der Waals surface area contributed by atoms with E-state index < -0.39 is 12.0 Å². The Balaban J connectivity index is 1.67. The van der Waals surface area contributed by atoms with Gasteiger partial charge in [-0.1, -0.05) is 38.1 Å². The highest BCUT2D eigenvalue weighted by Gasteiger charge is 2.27. The van der Waals surface area contributed by atoms with Gasteiger partial charge in [0.2, 0.25) is 0 Å². The molecule has 7 heteroatoms. The van der Waals surface area contributed by atoms with E-state index in [0.717, 1.165) is 15.2 Å². The highest BCUT2D eigenvalue weighted by atomic mass is 32.1. The third-order valence-electron chi connectivity index (χ3n) is 4.31. The molecule has 2 aromatic carbocycles. The number of ether oxygens (including phenoxy) is 2. The number of aromatic nitrogens is 1. The molecule has 0 fully saturated rings. The molecule has 0 spiro atoms. The largest absolute Gasteiger partial charge is 0.493 e. The van der Waals surface area contributed by atoms with Crippen molar-refractivity contribution in [2.75, 3.05) is 6.61 Å². The van der Waals surface area contributed by atoms with Crippen LogP contribution in [0.4, 0.5) is 0 Å². The van der Waals surface area contributed by atoms with Crippen LogP contribution in [0.25, 0.3) is 10.2 Å². The molecular formula is C22H24N2O4S. The number of fused-ring (bicyclic) bond motifs is 1. The van der Waals surface area contributed by atoms with E-state index in [2.05, 4.69) is 10.3 Å². The Hall–Kier alpha value is -2.93. The third-order valence-corrected chi connectivity index (χ3v) is 5.32. The van der Waals surface area contributed by atoms with Crippen molar-refractivity contribution in [3.05, 3.63) is 59.1 Å². The maximum atomic E-state index is 12.7. The molecule has 3 rings (SSSR count). The van der Waals surface area contributed by atoms with Crippen molar-refractivity contribution in [1.82, 2.24) is 10.3 Å². The maximum absolute atomic E-state index is 12.7. The van der Waals surface area contributed by atoms with Gasteiger partial charge in [0.25, 0.3) is 5.91 Å². The molecule has 0 bridgehead atoms. The van der Waals surface area contributed by atoms with Gasteiger partial charge in [-0.15, -0.1) is 11.3 Å². The molecule has 152 valence electrons. The molecule has 3 aromatic rings. The van der Waals surface area contributed by atoms with Crippen LogP contribution in [-0.4, -0.2) is 29.5 Å². The zero-order chi connectivity index (χ0) is 20.8. The fourth-order valence-corrected chi connectivity index (χ4v) is 3.74. The number of hydrogen-bond donors (Lipinski definition) is 1. The molecule has 0 aliphatic carbocycles. The zero-order valence-corrected chi connectivity index (χ0v) is 17.5. The summed E-state index contributed by atoms with van der Waals surface area (Å²) in [6.45, 7) is 6.09. The molecule has 0 radical (unpaired) electrons. The van der Waals surface area contributed by atoms with Crippen LogP contribution in [0.1, 0.15) is 36.1 Å². The standard InChI is InChI=1S/C22H24N2O4S/c1-4-27-17-11-7-5-9-15(17)21(25)24-20(14(2)3)22(26)28-13-19-23-16-10-6-8-12-18(16)29-19/h5-12,14,20H,4,13H2,1-3H3,(H,24,25)/t20-/m0/s1. The SMILES string of the molecule is CCOc1ccccc1C(=O)N[C@H](C(=O)OCc1nc2ccccc2s1)C(C)C. The average molecular weight is 413 g/mol. The van der Waals surface area contributed by atoms with E-state index in [1.807, 2.05) is 45.0 Å². The summed E-state index contributed by atoms with van der Waals surface area (Å²) in [7, 11) is 0. The number of benzene rings is 2. The van der Waals surface area contributed by atoms with Crippen LogP contribution in [0.5, 0.6) is 5.75 Å². The van der Waals surface area contributed by atoms with E-state index in [-0.39, 0.29) is 18.4 Å². The summed E-state index contributed by atoms with van der Waals surface area (Å²) in [5.41, 5.74) is 1.27. The lowest BCUT2D eigenvalue weighted by atomic mass is 10.0. The number of esters is 1. The first-order valence-corrected chi connectivity index (χ1v) is 10.3. The second kappa shape index (κ2) is 9.52. The minimum atomic E-state index is -0.772. The minimum Gasteiger partial charge on any atom is -0.493 e. The van der Waals surface area contributed by atoms with Crippen molar-refractivity contribution in [2.45, 2.75) is 33.4 Å². The second-order valence-electron chi connectivity index (χ2n) is 6.81. The number of carbonyl (C=O) groups is 2. The molecule has 6 nitrogen and oxygen atoms in total. The summed E-state index contributed by atoms with van der Waals surface area (Å²) in [6, 6.07) is 13.9. The van der Waals surface area contributed by atoms with Gasteiger partial charge >= 0.3 is 5.97 Å². The number of carbonyl (C=O) groups excluding carboxylic acids is 2. The topological polar surface area (TPSA) is 77.5 Å². The summed E-state index contributed by atoms with van der Waals surface area (Å²) < 4.78 is 12.0. The normalized spacial score (nSPS) is 12.0. The van der Waals surface area contributed by atoms with E-state index in [1.54, 1.807) is 24.3 Å². The van der Waals surface area contributed by atoms with Crippen molar-refractivity contribution in [1.29, 1.82) is 0 Å². The number of hydrogen-bond acceptors (Lipinski definition) is 6. The predicted octanol–water partition coefficient (Wildman–Crippen LogP) is 4.19. The van der Waals surface area contributed by atoms with Crippen LogP contribution in [-0.2, 0) is 16.1 Å². The number of thiazole rings is 1. The Kier molecular flexibility index (Phi) is 6.82. The first kappa shape index (κ1) is 20.8. The molecular weight excluding hydrogens is 388 g/mol.